The highest BCUT2D eigenvalue weighted by Crippen LogP contribution is 2.23. The third kappa shape index (κ3) is 4.21. The van der Waals surface area contributed by atoms with E-state index in [0.29, 0.717) is 0 Å². The van der Waals surface area contributed by atoms with Gasteiger partial charge in [-0.2, -0.15) is 0 Å². The lowest BCUT2D eigenvalue weighted by Crippen LogP contribution is -2.39. The molecule has 1 saturated heterocycles. The molecule has 1 aliphatic rings. The van der Waals surface area contributed by atoms with Gasteiger partial charge in [0.25, 0.3) is 0 Å². The fourth-order valence-electron chi connectivity index (χ4n) is 2.86. The molecule has 0 radical (unpaired) electrons. The molecule has 0 aliphatic carbocycles. The molecular weight excluding hydrogens is 306 g/mol. The normalized spacial score (nSPS) is 15.4. The van der Waals surface area contributed by atoms with Crippen molar-refractivity contribution in [2.75, 3.05) is 51.8 Å². The Kier molecular flexibility index (Phi) is 5.61. The molecule has 2 heterocycles. The number of carbonyl (C=O) groups excluding carboxylic acids is 1. The summed E-state index contributed by atoms with van der Waals surface area (Å²) < 4.78 is 10.1. The number of nitrogens with zero attached hydrogens (tertiary/aromatic N) is 2. The predicted octanol–water partition coefficient (Wildman–Crippen LogP) is 1.69. The zero-order valence-corrected chi connectivity index (χ0v) is 14.0. The van der Waals surface area contributed by atoms with Crippen LogP contribution in [0.15, 0.2) is 30.3 Å². The SMILES string of the molecule is COC(=O)Cc1cc(NCCN2CCOCC2)c2ccccc2n1. The number of methoxy groups -OCH3 is 1. The highest BCUT2D eigenvalue weighted by Gasteiger charge is 2.11. The molecule has 3 rings (SSSR count). The van der Waals surface area contributed by atoms with Crippen molar-refractivity contribution < 1.29 is 14.3 Å². The molecule has 6 nitrogen and oxygen atoms in total. The largest absolute Gasteiger partial charge is 0.469 e. The van der Waals surface area contributed by atoms with Crippen molar-refractivity contribution in [3.8, 4) is 0 Å². The van der Waals surface area contributed by atoms with E-state index in [2.05, 4.69) is 15.2 Å². The van der Waals surface area contributed by atoms with Crippen LogP contribution in [0.5, 0.6) is 0 Å². The molecule has 0 saturated carbocycles. The number of benzene rings is 1. The minimum atomic E-state index is -0.281. The number of carbonyl (C=O) groups is 1. The molecule has 1 N–H and O–H groups in total. The molecular formula is C18H23N3O3. The van der Waals surface area contributed by atoms with E-state index in [1.54, 1.807) is 0 Å². The maximum absolute atomic E-state index is 11.5. The average Bonchev–Trinajstić information content (AvgIpc) is 2.62. The first-order valence-electron chi connectivity index (χ1n) is 8.26. The Morgan fingerprint density at radius 2 is 2.12 bits per heavy atom. The first-order chi connectivity index (χ1) is 11.8. The number of nitrogens with one attached hydrogen (secondary N) is 1. The molecule has 2 aromatic rings. The summed E-state index contributed by atoms with van der Waals surface area (Å²) in [6.45, 7) is 5.37. The Hall–Kier alpha value is -2.18. The van der Waals surface area contributed by atoms with Crippen LogP contribution in [-0.2, 0) is 20.7 Å². The highest BCUT2D eigenvalue weighted by atomic mass is 16.5. The topological polar surface area (TPSA) is 63.7 Å². The lowest BCUT2D eigenvalue weighted by Gasteiger charge is -2.26. The van der Waals surface area contributed by atoms with E-state index in [0.717, 1.165) is 61.7 Å². The standard InChI is InChI=1S/C18H23N3O3/c1-23-18(22)13-14-12-17(15-4-2-3-5-16(15)20-14)19-6-7-21-8-10-24-11-9-21/h2-5,12H,6-11,13H2,1H3,(H,19,20). The summed E-state index contributed by atoms with van der Waals surface area (Å²) in [5, 5.41) is 4.56. The van der Waals surface area contributed by atoms with E-state index in [4.69, 9.17) is 9.47 Å². The van der Waals surface area contributed by atoms with Crippen molar-refractivity contribution in [3.05, 3.63) is 36.0 Å². The Morgan fingerprint density at radius 1 is 1.33 bits per heavy atom. The van der Waals surface area contributed by atoms with Crippen LogP contribution in [-0.4, -0.2) is 62.4 Å². The van der Waals surface area contributed by atoms with Crippen LogP contribution in [0.25, 0.3) is 10.9 Å². The number of hydrogen-bond acceptors (Lipinski definition) is 6. The van der Waals surface area contributed by atoms with Gasteiger partial charge >= 0.3 is 5.97 Å². The number of para-hydroxylation sites is 1. The third-order valence-electron chi connectivity index (χ3n) is 4.17. The zero-order chi connectivity index (χ0) is 16.8. The van der Waals surface area contributed by atoms with Crippen LogP contribution in [0, 0.1) is 0 Å². The van der Waals surface area contributed by atoms with Gasteiger partial charge in [0.15, 0.2) is 0 Å². The van der Waals surface area contributed by atoms with E-state index in [1.165, 1.54) is 7.11 Å². The van der Waals surface area contributed by atoms with Gasteiger partial charge in [0, 0.05) is 37.3 Å². The summed E-state index contributed by atoms with van der Waals surface area (Å²) in [6.07, 6.45) is 0.180. The summed E-state index contributed by atoms with van der Waals surface area (Å²) in [6, 6.07) is 9.90. The number of fused-ring (bicyclic) bond motifs is 1. The van der Waals surface area contributed by atoms with Crippen LogP contribution < -0.4 is 5.32 Å². The maximum atomic E-state index is 11.5. The summed E-state index contributed by atoms with van der Waals surface area (Å²) in [4.78, 5) is 18.5. The number of ether oxygens (including phenoxy) is 2. The van der Waals surface area contributed by atoms with E-state index in [9.17, 15) is 4.79 Å². The average molecular weight is 329 g/mol. The van der Waals surface area contributed by atoms with Gasteiger partial charge in [0.2, 0.25) is 0 Å². The quantitative estimate of drug-likeness (QED) is 0.814. The van der Waals surface area contributed by atoms with Gasteiger partial charge < -0.3 is 14.8 Å². The number of rotatable bonds is 6. The first kappa shape index (κ1) is 16.7. The molecule has 128 valence electrons. The van der Waals surface area contributed by atoms with Crippen molar-refractivity contribution >= 4 is 22.6 Å². The Morgan fingerprint density at radius 3 is 2.92 bits per heavy atom. The molecule has 6 heteroatoms. The van der Waals surface area contributed by atoms with Crippen LogP contribution in [0.1, 0.15) is 5.69 Å². The lowest BCUT2D eigenvalue weighted by atomic mass is 10.1. The van der Waals surface area contributed by atoms with E-state index < -0.39 is 0 Å². The predicted molar refractivity (Wildman–Crippen MR) is 93.2 cm³/mol. The fraction of sp³-hybridized carbons (Fsp3) is 0.444. The number of pyridine rings is 1. The molecule has 1 aliphatic heterocycles. The van der Waals surface area contributed by atoms with Crippen molar-refractivity contribution in [3.63, 3.8) is 0 Å². The molecule has 0 amide bonds. The van der Waals surface area contributed by atoms with Crippen molar-refractivity contribution in [2.45, 2.75) is 6.42 Å². The van der Waals surface area contributed by atoms with Gasteiger partial charge in [-0.1, -0.05) is 18.2 Å². The number of aromatic nitrogens is 1. The summed E-state index contributed by atoms with van der Waals surface area (Å²) in [5.41, 5.74) is 2.61. The molecule has 1 aromatic carbocycles. The Labute approximate surface area is 141 Å². The van der Waals surface area contributed by atoms with Crippen molar-refractivity contribution in [1.82, 2.24) is 9.88 Å². The number of esters is 1. The molecule has 1 aromatic heterocycles. The number of hydrogen-bond donors (Lipinski definition) is 1. The Balaban J connectivity index is 1.73. The molecule has 0 unspecified atom stereocenters. The molecule has 1 fully saturated rings. The van der Waals surface area contributed by atoms with E-state index in [-0.39, 0.29) is 12.4 Å². The van der Waals surface area contributed by atoms with Crippen molar-refractivity contribution in [1.29, 1.82) is 0 Å². The van der Waals surface area contributed by atoms with Crippen LogP contribution in [0.4, 0.5) is 5.69 Å². The molecule has 0 spiro atoms. The number of morpholine rings is 1. The smallest absolute Gasteiger partial charge is 0.311 e. The third-order valence-corrected chi connectivity index (χ3v) is 4.17. The highest BCUT2D eigenvalue weighted by molar-refractivity contribution is 5.92. The maximum Gasteiger partial charge on any atom is 0.311 e. The summed E-state index contributed by atoms with van der Waals surface area (Å²) >= 11 is 0. The Bertz CT molecular complexity index is 699. The second kappa shape index (κ2) is 8.08. The van der Waals surface area contributed by atoms with Gasteiger partial charge in [0.1, 0.15) is 0 Å². The van der Waals surface area contributed by atoms with Gasteiger partial charge in [-0.05, 0) is 12.1 Å². The van der Waals surface area contributed by atoms with E-state index >= 15 is 0 Å². The number of anilines is 1. The zero-order valence-electron chi connectivity index (χ0n) is 14.0. The first-order valence-corrected chi connectivity index (χ1v) is 8.26. The van der Waals surface area contributed by atoms with Crippen molar-refractivity contribution in [2.24, 2.45) is 0 Å². The second-order valence-electron chi connectivity index (χ2n) is 5.81. The van der Waals surface area contributed by atoms with E-state index in [1.807, 2.05) is 30.3 Å². The van der Waals surface area contributed by atoms with Crippen LogP contribution in [0.3, 0.4) is 0 Å². The van der Waals surface area contributed by atoms with Gasteiger partial charge in [0.05, 0.1) is 38.0 Å². The summed E-state index contributed by atoms with van der Waals surface area (Å²) in [7, 11) is 1.39. The molecule has 0 bridgehead atoms. The second-order valence-corrected chi connectivity index (χ2v) is 5.81. The van der Waals surface area contributed by atoms with Crippen LogP contribution >= 0.6 is 0 Å². The molecule has 24 heavy (non-hydrogen) atoms. The fourth-order valence-corrected chi connectivity index (χ4v) is 2.86. The summed E-state index contributed by atoms with van der Waals surface area (Å²) in [5.74, 6) is -0.281. The molecule has 0 atom stereocenters. The van der Waals surface area contributed by atoms with Gasteiger partial charge in [-0.3, -0.25) is 14.7 Å². The van der Waals surface area contributed by atoms with Crippen LogP contribution in [0.2, 0.25) is 0 Å². The van der Waals surface area contributed by atoms with Gasteiger partial charge in [-0.15, -0.1) is 0 Å². The minimum absolute atomic E-state index is 0.180. The monoisotopic (exact) mass is 329 g/mol. The lowest BCUT2D eigenvalue weighted by molar-refractivity contribution is -0.139. The van der Waals surface area contributed by atoms with Gasteiger partial charge in [-0.25, -0.2) is 0 Å². The minimum Gasteiger partial charge on any atom is -0.469 e.